The van der Waals surface area contributed by atoms with E-state index in [9.17, 15) is 4.79 Å². The van der Waals surface area contributed by atoms with E-state index in [2.05, 4.69) is 20.6 Å². The molecule has 1 atom stereocenters. The Hall–Kier alpha value is -2.28. The summed E-state index contributed by atoms with van der Waals surface area (Å²) in [6.45, 7) is 2.74. The Bertz CT molecular complexity index is 595. The number of aromatic nitrogens is 2. The highest BCUT2D eigenvalue weighted by Crippen LogP contribution is 2.17. The van der Waals surface area contributed by atoms with E-state index in [0.29, 0.717) is 24.8 Å². The molecule has 0 fully saturated rings. The number of fused-ring (bicyclic) bond motifs is 1. The fourth-order valence-corrected chi connectivity index (χ4v) is 1.80. The molecular weight excluding hydrogens is 258 g/mol. The molecule has 1 amide bonds. The van der Waals surface area contributed by atoms with Crippen LogP contribution in [0.25, 0.3) is 11.0 Å². The summed E-state index contributed by atoms with van der Waals surface area (Å²) in [6.07, 6.45) is 0. The molecule has 0 radical (unpaired) electrons. The van der Waals surface area contributed by atoms with Gasteiger partial charge in [0.2, 0.25) is 11.9 Å². The molecule has 1 aromatic carbocycles. The van der Waals surface area contributed by atoms with Gasteiger partial charge in [0.1, 0.15) is 6.04 Å². The molecule has 0 bridgehead atoms. The highest BCUT2D eigenvalue weighted by Gasteiger charge is 2.13. The Kier molecular flexibility index (Phi) is 4.41. The van der Waals surface area contributed by atoms with Crippen LogP contribution in [-0.2, 0) is 9.53 Å². The quantitative estimate of drug-likeness (QED) is 0.460. The van der Waals surface area contributed by atoms with Crippen molar-refractivity contribution < 1.29 is 9.53 Å². The van der Waals surface area contributed by atoms with Gasteiger partial charge in [0.05, 0.1) is 17.6 Å². The highest BCUT2D eigenvalue weighted by molar-refractivity contribution is 5.85. The van der Waals surface area contributed by atoms with Crippen LogP contribution in [0.15, 0.2) is 18.2 Å². The van der Waals surface area contributed by atoms with Crippen molar-refractivity contribution in [2.45, 2.75) is 13.0 Å². The average Bonchev–Trinajstić information content (AvgIpc) is 2.80. The van der Waals surface area contributed by atoms with Crippen LogP contribution in [0.5, 0.6) is 0 Å². The molecule has 1 aromatic heterocycles. The van der Waals surface area contributed by atoms with Crippen LogP contribution in [0.2, 0.25) is 0 Å². The van der Waals surface area contributed by atoms with E-state index in [1.165, 1.54) is 0 Å². The van der Waals surface area contributed by atoms with Gasteiger partial charge in [-0.1, -0.05) is 0 Å². The number of nitrogens with zero attached hydrogens (tertiary/aromatic N) is 1. The van der Waals surface area contributed by atoms with Crippen molar-refractivity contribution in [1.82, 2.24) is 15.3 Å². The Morgan fingerprint density at radius 3 is 3.10 bits per heavy atom. The van der Waals surface area contributed by atoms with Crippen LogP contribution in [0, 0.1) is 0 Å². The fourth-order valence-electron chi connectivity index (χ4n) is 1.80. The molecule has 0 aliphatic heterocycles. The van der Waals surface area contributed by atoms with E-state index < -0.39 is 6.04 Å². The smallest absolute Gasteiger partial charge is 0.242 e. The summed E-state index contributed by atoms with van der Waals surface area (Å²) < 4.78 is 4.88. The number of carbonyl (C=O) groups excluding carboxylic acids is 1. The Morgan fingerprint density at radius 1 is 1.55 bits per heavy atom. The number of imidazole rings is 1. The van der Waals surface area contributed by atoms with E-state index in [4.69, 9.17) is 10.5 Å². The predicted octanol–water partition coefficient (Wildman–Crippen LogP) is 0.708. The minimum absolute atomic E-state index is 0.109. The van der Waals surface area contributed by atoms with Crippen molar-refractivity contribution in [2.75, 3.05) is 31.3 Å². The first kappa shape index (κ1) is 14.1. The van der Waals surface area contributed by atoms with Gasteiger partial charge in [-0.05, 0) is 25.1 Å². The Morgan fingerprint density at radius 2 is 2.35 bits per heavy atom. The number of hydrogen-bond donors (Lipinski definition) is 4. The lowest BCUT2D eigenvalue weighted by molar-refractivity contribution is -0.121. The molecular formula is C13H19N5O2. The standard InChI is InChI=1S/C13H19N5O2/c1-8(12(19)15-5-6-20-2)16-13-17-10-4-3-9(14)7-11(10)18-13/h3-4,7-8H,5-6,14H2,1-2H3,(H,15,19)(H2,16,17,18). The molecule has 0 spiro atoms. The number of nitrogens with two attached hydrogens (primary N) is 1. The van der Waals surface area contributed by atoms with Gasteiger partial charge in [0, 0.05) is 19.3 Å². The van der Waals surface area contributed by atoms with Crippen molar-refractivity contribution >= 4 is 28.6 Å². The third-order valence-electron chi connectivity index (χ3n) is 2.86. The average molecular weight is 277 g/mol. The van der Waals surface area contributed by atoms with Gasteiger partial charge in [-0.25, -0.2) is 4.98 Å². The molecule has 7 heteroatoms. The third kappa shape index (κ3) is 3.39. The largest absolute Gasteiger partial charge is 0.399 e. The number of anilines is 2. The molecule has 0 aliphatic carbocycles. The van der Waals surface area contributed by atoms with Gasteiger partial charge >= 0.3 is 0 Å². The lowest BCUT2D eigenvalue weighted by atomic mass is 10.3. The van der Waals surface area contributed by atoms with Gasteiger partial charge in [0.15, 0.2) is 0 Å². The highest BCUT2D eigenvalue weighted by atomic mass is 16.5. The first-order valence-corrected chi connectivity index (χ1v) is 6.38. The van der Waals surface area contributed by atoms with Crippen molar-refractivity contribution in [3.8, 4) is 0 Å². The van der Waals surface area contributed by atoms with Gasteiger partial charge in [-0.15, -0.1) is 0 Å². The number of carbonyl (C=O) groups is 1. The number of amides is 1. The number of hydrogen-bond acceptors (Lipinski definition) is 5. The lowest BCUT2D eigenvalue weighted by Crippen LogP contribution is -2.39. The molecule has 0 saturated carbocycles. The molecule has 1 heterocycles. The van der Waals surface area contributed by atoms with E-state index >= 15 is 0 Å². The van der Waals surface area contributed by atoms with Crippen LogP contribution >= 0.6 is 0 Å². The summed E-state index contributed by atoms with van der Waals surface area (Å²) in [4.78, 5) is 19.2. The molecule has 20 heavy (non-hydrogen) atoms. The minimum Gasteiger partial charge on any atom is -0.399 e. The number of methoxy groups -OCH3 is 1. The summed E-state index contributed by atoms with van der Waals surface area (Å²) in [6, 6.07) is 5.02. The lowest BCUT2D eigenvalue weighted by Gasteiger charge is -2.12. The molecule has 2 rings (SSSR count). The van der Waals surface area contributed by atoms with Crippen molar-refractivity contribution in [3.63, 3.8) is 0 Å². The summed E-state index contributed by atoms with van der Waals surface area (Å²) in [5, 5.41) is 5.78. The maximum Gasteiger partial charge on any atom is 0.242 e. The number of nitrogens with one attached hydrogen (secondary N) is 3. The maximum absolute atomic E-state index is 11.8. The zero-order chi connectivity index (χ0) is 14.5. The number of rotatable bonds is 6. The summed E-state index contributed by atoms with van der Waals surface area (Å²) in [5.41, 5.74) is 8.00. The monoisotopic (exact) mass is 277 g/mol. The summed E-state index contributed by atoms with van der Waals surface area (Å²) in [7, 11) is 1.59. The molecule has 5 N–H and O–H groups in total. The summed E-state index contributed by atoms with van der Waals surface area (Å²) >= 11 is 0. The van der Waals surface area contributed by atoms with E-state index in [-0.39, 0.29) is 5.91 Å². The fraction of sp³-hybridized carbons (Fsp3) is 0.385. The number of benzene rings is 1. The Labute approximate surface area is 116 Å². The van der Waals surface area contributed by atoms with Crippen molar-refractivity contribution in [1.29, 1.82) is 0 Å². The second-order valence-electron chi connectivity index (χ2n) is 4.51. The number of nitrogen functional groups attached to an aromatic ring is 1. The van der Waals surface area contributed by atoms with Crippen LogP contribution < -0.4 is 16.4 Å². The molecule has 108 valence electrons. The second kappa shape index (κ2) is 6.25. The first-order chi connectivity index (χ1) is 9.60. The Balaban J connectivity index is 1.98. The third-order valence-corrected chi connectivity index (χ3v) is 2.86. The van der Waals surface area contributed by atoms with Gasteiger partial charge in [-0.3, -0.25) is 4.79 Å². The maximum atomic E-state index is 11.8. The topological polar surface area (TPSA) is 105 Å². The normalized spacial score (nSPS) is 12.3. The zero-order valence-electron chi connectivity index (χ0n) is 11.6. The molecule has 2 aromatic rings. The predicted molar refractivity (Wildman–Crippen MR) is 78.5 cm³/mol. The van der Waals surface area contributed by atoms with Crippen molar-refractivity contribution in [3.05, 3.63) is 18.2 Å². The molecule has 1 unspecified atom stereocenters. The van der Waals surface area contributed by atoms with Gasteiger partial charge in [-0.2, -0.15) is 0 Å². The van der Waals surface area contributed by atoms with Crippen LogP contribution in [0.1, 0.15) is 6.92 Å². The number of aromatic amines is 1. The zero-order valence-corrected chi connectivity index (χ0v) is 11.6. The SMILES string of the molecule is COCCNC(=O)C(C)Nc1nc2ccc(N)cc2[nH]1. The van der Waals surface area contributed by atoms with Crippen LogP contribution in [0.4, 0.5) is 11.6 Å². The van der Waals surface area contributed by atoms with Crippen molar-refractivity contribution in [2.24, 2.45) is 0 Å². The second-order valence-corrected chi connectivity index (χ2v) is 4.51. The number of H-pyrrole nitrogens is 1. The molecule has 0 saturated heterocycles. The van der Waals surface area contributed by atoms with E-state index in [1.54, 1.807) is 26.2 Å². The van der Waals surface area contributed by atoms with E-state index in [0.717, 1.165) is 11.0 Å². The molecule has 0 aliphatic rings. The van der Waals surface area contributed by atoms with E-state index in [1.807, 2.05) is 6.07 Å². The summed E-state index contributed by atoms with van der Waals surface area (Å²) in [5.74, 6) is 0.432. The minimum atomic E-state index is -0.398. The first-order valence-electron chi connectivity index (χ1n) is 6.38. The van der Waals surface area contributed by atoms with Gasteiger partial charge in [0.25, 0.3) is 0 Å². The van der Waals surface area contributed by atoms with Gasteiger partial charge < -0.3 is 26.1 Å². The van der Waals surface area contributed by atoms with Crippen LogP contribution in [0.3, 0.4) is 0 Å². The molecule has 7 nitrogen and oxygen atoms in total. The van der Waals surface area contributed by atoms with Crippen LogP contribution in [-0.4, -0.2) is 42.2 Å². The number of ether oxygens (including phenoxy) is 1.